The summed E-state index contributed by atoms with van der Waals surface area (Å²) in [6.07, 6.45) is 0. The zero-order valence-corrected chi connectivity index (χ0v) is 16.9. The Bertz CT molecular complexity index is 771. The van der Waals surface area contributed by atoms with E-state index in [1.54, 1.807) is 26.4 Å². The zero-order chi connectivity index (χ0) is 19.9. The highest BCUT2D eigenvalue weighted by Gasteiger charge is 2.24. The van der Waals surface area contributed by atoms with Gasteiger partial charge in [0.1, 0.15) is 11.5 Å². The molecule has 6 heteroatoms. The van der Waals surface area contributed by atoms with Gasteiger partial charge in [0.15, 0.2) is 0 Å². The van der Waals surface area contributed by atoms with Gasteiger partial charge in [0.05, 0.1) is 20.3 Å². The average molecular weight is 383 g/mol. The van der Waals surface area contributed by atoms with Crippen LogP contribution in [0.3, 0.4) is 0 Å². The molecule has 6 nitrogen and oxygen atoms in total. The van der Waals surface area contributed by atoms with E-state index in [9.17, 15) is 4.79 Å². The minimum absolute atomic E-state index is 0.0912. The third kappa shape index (κ3) is 5.03. The van der Waals surface area contributed by atoms with E-state index in [1.807, 2.05) is 24.3 Å². The van der Waals surface area contributed by atoms with Crippen molar-refractivity contribution >= 4 is 5.91 Å². The molecule has 0 bridgehead atoms. The van der Waals surface area contributed by atoms with Gasteiger partial charge in [-0.25, -0.2) is 0 Å². The molecule has 1 N–H and O–H groups in total. The number of piperazine rings is 1. The van der Waals surface area contributed by atoms with Gasteiger partial charge in [-0.2, -0.15) is 0 Å². The largest absolute Gasteiger partial charge is 0.497 e. The van der Waals surface area contributed by atoms with E-state index in [2.05, 4.69) is 34.3 Å². The minimum atomic E-state index is -0.0912. The predicted molar refractivity (Wildman–Crippen MR) is 110 cm³/mol. The monoisotopic (exact) mass is 383 g/mol. The van der Waals surface area contributed by atoms with Crippen molar-refractivity contribution in [3.63, 3.8) is 0 Å². The first-order valence-electron chi connectivity index (χ1n) is 9.59. The van der Waals surface area contributed by atoms with E-state index in [0.29, 0.717) is 17.9 Å². The number of nitrogens with zero attached hydrogens (tertiary/aromatic N) is 2. The van der Waals surface area contributed by atoms with Crippen molar-refractivity contribution in [2.24, 2.45) is 0 Å². The number of nitrogens with one attached hydrogen (secondary N) is 1. The second-order valence-corrected chi connectivity index (χ2v) is 7.07. The fourth-order valence-electron chi connectivity index (χ4n) is 3.47. The summed E-state index contributed by atoms with van der Waals surface area (Å²) < 4.78 is 10.5. The van der Waals surface area contributed by atoms with E-state index >= 15 is 0 Å². The van der Waals surface area contributed by atoms with Crippen molar-refractivity contribution in [3.8, 4) is 11.5 Å². The van der Waals surface area contributed by atoms with Crippen molar-refractivity contribution in [3.05, 3.63) is 59.7 Å². The molecule has 0 aliphatic carbocycles. The smallest absolute Gasteiger partial charge is 0.251 e. The number of hydrogen-bond donors (Lipinski definition) is 1. The topological polar surface area (TPSA) is 54.0 Å². The Labute approximate surface area is 167 Å². The van der Waals surface area contributed by atoms with E-state index in [4.69, 9.17) is 9.47 Å². The van der Waals surface area contributed by atoms with Gasteiger partial charge in [-0.15, -0.1) is 0 Å². The second kappa shape index (κ2) is 9.57. The van der Waals surface area contributed by atoms with Gasteiger partial charge in [0.25, 0.3) is 5.91 Å². The molecule has 2 aromatic rings. The molecule has 0 saturated carbocycles. The number of hydrogen-bond acceptors (Lipinski definition) is 5. The summed E-state index contributed by atoms with van der Waals surface area (Å²) in [6.45, 7) is 4.55. The molecule has 1 atom stereocenters. The first-order valence-corrected chi connectivity index (χ1v) is 9.59. The van der Waals surface area contributed by atoms with Crippen molar-refractivity contribution in [2.75, 3.05) is 54.0 Å². The Morgan fingerprint density at radius 1 is 1.00 bits per heavy atom. The molecule has 0 spiro atoms. The second-order valence-electron chi connectivity index (χ2n) is 7.07. The lowest BCUT2D eigenvalue weighted by Gasteiger charge is -2.38. The number of carbonyl (C=O) groups excluding carboxylic acids is 1. The summed E-state index contributed by atoms with van der Waals surface area (Å²) in [5.41, 5.74) is 1.78. The Kier molecular flexibility index (Phi) is 6.90. The Hall–Kier alpha value is -2.57. The molecule has 28 heavy (non-hydrogen) atoms. The summed E-state index contributed by atoms with van der Waals surface area (Å²) in [7, 11) is 5.41. The number of carbonyl (C=O) groups is 1. The van der Waals surface area contributed by atoms with Gasteiger partial charge < -0.3 is 19.7 Å². The summed E-state index contributed by atoms with van der Waals surface area (Å²) >= 11 is 0. The fourth-order valence-corrected chi connectivity index (χ4v) is 3.47. The normalized spacial score (nSPS) is 16.4. The molecular formula is C22H29N3O3. The predicted octanol–water partition coefficient (Wildman–Crippen LogP) is 2.42. The molecular weight excluding hydrogens is 354 g/mol. The summed E-state index contributed by atoms with van der Waals surface area (Å²) in [4.78, 5) is 17.4. The van der Waals surface area contributed by atoms with Crippen LogP contribution in [0, 0.1) is 0 Å². The van der Waals surface area contributed by atoms with Gasteiger partial charge in [-0.3, -0.25) is 9.69 Å². The van der Waals surface area contributed by atoms with Crippen LogP contribution in [0.25, 0.3) is 0 Å². The zero-order valence-electron chi connectivity index (χ0n) is 16.9. The number of benzene rings is 2. The third-order valence-electron chi connectivity index (χ3n) is 5.27. The van der Waals surface area contributed by atoms with Crippen LogP contribution in [0.15, 0.2) is 48.5 Å². The lowest BCUT2D eigenvalue weighted by Crippen LogP contribution is -2.48. The molecule has 1 amide bonds. The Balaban J connectivity index is 1.73. The van der Waals surface area contributed by atoms with Crippen LogP contribution in [-0.2, 0) is 0 Å². The first kappa shape index (κ1) is 20.2. The highest BCUT2D eigenvalue weighted by atomic mass is 16.5. The van der Waals surface area contributed by atoms with Gasteiger partial charge >= 0.3 is 0 Å². The van der Waals surface area contributed by atoms with Crippen LogP contribution in [0.1, 0.15) is 22.0 Å². The number of amides is 1. The number of ether oxygens (including phenoxy) is 2. The SMILES string of the molecule is COc1ccc([C@H](CNC(=O)c2cccc(OC)c2)N2CCN(C)CC2)cc1. The van der Waals surface area contributed by atoms with Crippen LogP contribution in [0.4, 0.5) is 0 Å². The molecule has 1 heterocycles. The number of rotatable bonds is 7. The average Bonchev–Trinajstić information content (AvgIpc) is 2.75. The van der Waals surface area contributed by atoms with Crippen molar-refractivity contribution in [2.45, 2.75) is 6.04 Å². The number of likely N-dealkylation sites (N-methyl/N-ethyl adjacent to an activating group) is 1. The third-order valence-corrected chi connectivity index (χ3v) is 5.27. The van der Waals surface area contributed by atoms with Crippen LogP contribution in [-0.4, -0.2) is 69.7 Å². The molecule has 0 radical (unpaired) electrons. The Morgan fingerprint density at radius 2 is 1.68 bits per heavy atom. The Morgan fingerprint density at radius 3 is 2.32 bits per heavy atom. The van der Waals surface area contributed by atoms with Crippen LogP contribution < -0.4 is 14.8 Å². The minimum Gasteiger partial charge on any atom is -0.497 e. The van der Waals surface area contributed by atoms with Crippen molar-refractivity contribution < 1.29 is 14.3 Å². The van der Waals surface area contributed by atoms with Gasteiger partial charge in [-0.1, -0.05) is 18.2 Å². The van der Waals surface area contributed by atoms with Crippen LogP contribution in [0.5, 0.6) is 11.5 Å². The van der Waals surface area contributed by atoms with Crippen LogP contribution in [0.2, 0.25) is 0 Å². The van der Waals surface area contributed by atoms with Crippen LogP contribution >= 0.6 is 0 Å². The van der Waals surface area contributed by atoms with Gasteiger partial charge in [-0.05, 0) is 42.9 Å². The van der Waals surface area contributed by atoms with E-state index in [1.165, 1.54) is 5.56 Å². The molecule has 2 aromatic carbocycles. The molecule has 1 aliphatic rings. The maximum atomic E-state index is 12.7. The number of methoxy groups -OCH3 is 2. The quantitative estimate of drug-likeness (QED) is 0.796. The molecule has 0 unspecified atom stereocenters. The summed E-state index contributed by atoms with van der Waals surface area (Å²) in [5, 5.41) is 3.10. The van der Waals surface area contributed by atoms with Crippen molar-refractivity contribution in [1.82, 2.24) is 15.1 Å². The van der Waals surface area contributed by atoms with E-state index in [-0.39, 0.29) is 11.9 Å². The maximum Gasteiger partial charge on any atom is 0.251 e. The van der Waals surface area contributed by atoms with E-state index in [0.717, 1.165) is 31.9 Å². The molecule has 1 aliphatic heterocycles. The van der Waals surface area contributed by atoms with E-state index < -0.39 is 0 Å². The molecule has 1 fully saturated rings. The molecule has 150 valence electrons. The van der Waals surface area contributed by atoms with Crippen molar-refractivity contribution in [1.29, 1.82) is 0 Å². The fraction of sp³-hybridized carbons (Fsp3) is 0.409. The lowest BCUT2D eigenvalue weighted by molar-refractivity contribution is 0.0886. The maximum absolute atomic E-state index is 12.7. The standard InChI is InChI=1S/C22H29N3O3/c1-24-11-13-25(14-12-24)21(17-7-9-19(27-2)10-8-17)16-23-22(26)18-5-4-6-20(15-18)28-3/h4-10,15,21H,11-14,16H2,1-3H3,(H,23,26)/t21-/m0/s1. The first-order chi connectivity index (χ1) is 13.6. The summed E-state index contributed by atoms with van der Waals surface area (Å²) in [6, 6.07) is 15.5. The molecule has 1 saturated heterocycles. The highest BCUT2D eigenvalue weighted by Crippen LogP contribution is 2.24. The molecule has 0 aromatic heterocycles. The van der Waals surface area contributed by atoms with Gasteiger partial charge in [0, 0.05) is 38.3 Å². The summed E-state index contributed by atoms with van der Waals surface area (Å²) in [5.74, 6) is 1.42. The molecule has 3 rings (SSSR count). The lowest BCUT2D eigenvalue weighted by atomic mass is 10.0. The highest BCUT2D eigenvalue weighted by molar-refractivity contribution is 5.94. The van der Waals surface area contributed by atoms with Gasteiger partial charge in [0.2, 0.25) is 0 Å².